The quantitative estimate of drug-likeness (QED) is 0.523. The number of aryl methyl sites for hydroxylation is 2. The van der Waals surface area contributed by atoms with Crippen LogP contribution in [0.1, 0.15) is 48.2 Å². The van der Waals surface area contributed by atoms with Gasteiger partial charge in [-0.1, -0.05) is 0 Å². The van der Waals surface area contributed by atoms with E-state index < -0.39 is 9.85 Å². The molecule has 1 aliphatic rings. The molecule has 0 N–H and O–H groups in total. The maximum Gasteiger partial charge on any atom is 0.273 e. The van der Waals surface area contributed by atoms with Crippen molar-refractivity contribution in [3.05, 3.63) is 73.3 Å². The number of non-ortho nitro benzene ring substituents is 1. The highest BCUT2D eigenvalue weighted by Crippen LogP contribution is 2.37. The van der Waals surface area contributed by atoms with Crippen molar-refractivity contribution in [1.82, 2.24) is 0 Å². The number of carbonyl (C=O) groups is 2. The molecule has 0 bridgehead atoms. The van der Waals surface area contributed by atoms with Crippen LogP contribution in [0.4, 0.5) is 17.1 Å². The summed E-state index contributed by atoms with van der Waals surface area (Å²) >= 11 is 0. The Kier molecular flexibility index (Phi) is 5.91. The van der Waals surface area contributed by atoms with Crippen LogP contribution in [-0.4, -0.2) is 27.6 Å². The van der Waals surface area contributed by atoms with E-state index in [4.69, 9.17) is 0 Å². The maximum atomic E-state index is 13.2. The third-order valence-electron chi connectivity index (χ3n) is 5.30. The minimum absolute atomic E-state index is 0.0488. The Morgan fingerprint density at radius 3 is 2.33 bits per heavy atom. The van der Waals surface area contributed by atoms with E-state index in [1.807, 2.05) is 6.92 Å². The van der Waals surface area contributed by atoms with Gasteiger partial charge in [0.25, 0.3) is 17.3 Å². The highest BCUT2D eigenvalue weighted by molar-refractivity contribution is 6.07. The number of fused-ring (bicyclic) bond motifs is 1. The van der Waals surface area contributed by atoms with Crippen molar-refractivity contribution >= 4 is 28.8 Å². The summed E-state index contributed by atoms with van der Waals surface area (Å²) in [7, 11) is 0. The summed E-state index contributed by atoms with van der Waals surface area (Å²) in [4.78, 5) is 47.6. The van der Waals surface area contributed by atoms with Crippen molar-refractivity contribution in [1.29, 1.82) is 0 Å². The van der Waals surface area contributed by atoms with E-state index in [-0.39, 0.29) is 41.9 Å². The van der Waals surface area contributed by atoms with E-state index in [1.165, 1.54) is 37.3 Å². The van der Waals surface area contributed by atoms with Crippen molar-refractivity contribution < 1.29 is 19.4 Å². The van der Waals surface area contributed by atoms with Crippen molar-refractivity contribution in [3.8, 4) is 0 Å². The van der Waals surface area contributed by atoms with Crippen LogP contribution in [0.5, 0.6) is 0 Å². The van der Waals surface area contributed by atoms with Gasteiger partial charge in [-0.3, -0.25) is 25.0 Å². The first-order chi connectivity index (χ1) is 14.2. The number of carbonyl (C=O) groups excluding carboxylic acids is 2. The molecule has 0 saturated carbocycles. The lowest BCUT2D eigenvalue weighted by Crippen LogP contribution is -2.42. The maximum absolute atomic E-state index is 13.2. The largest absolute Gasteiger partial charge is 0.305 e. The molecule has 0 aliphatic carbocycles. The number of Topliss-reactive ketones (excluding diaryl/α,β-unsaturated/α-hetero) is 1. The zero-order valence-electron chi connectivity index (χ0n) is 16.7. The second kappa shape index (κ2) is 8.40. The fraction of sp³-hybridized carbons (Fsp3) is 0.333. The Balaban J connectivity index is 2.04. The summed E-state index contributed by atoms with van der Waals surface area (Å²) in [5, 5.41) is 22.4. The molecule has 9 heteroatoms. The fourth-order valence-corrected chi connectivity index (χ4v) is 3.67. The molecule has 2 aromatic carbocycles. The first kappa shape index (κ1) is 21.1. The number of rotatable bonds is 6. The molecule has 0 saturated heterocycles. The summed E-state index contributed by atoms with van der Waals surface area (Å²) < 4.78 is 0. The Morgan fingerprint density at radius 2 is 1.77 bits per heavy atom. The molecule has 1 unspecified atom stereocenters. The third kappa shape index (κ3) is 4.19. The number of benzene rings is 2. The number of nitro benzene ring substituents is 2. The normalized spacial score (nSPS) is 15.4. The molecule has 30 heavy (non-hydrogen) atoms. The minimum Gasteiger partial charge on any atom is -0.305 e. The van der Waals surface area contributed by atoms with Crippen LogP contribution in [0.2, 0.25) is 0 Å². The zero-order valence-corrected chi connectivity index (χ0v) is 16.7. The van der Waals surface area contributed by atoms with Crippen molar-refractivity contribution in [2.24, 2.45) is 0 Å². The van der Waals surface area contributed by atoms with Gasteiger partial charge in [-0.2, -0.15) is 0 Å². The first-order valence-electron chi connectivity index (χ1n) is 9.56. The predicted molar refractivity (Wildman–Crippen MR) is 110 cm³/mol. The molecule has 1 atom stereocenters. The Morgan fingerprint density at radius 1 is 1.10 bits per heavy atom. The van der Waals surface area contributed by atoms with Crippen LogP contribution < -0.4 is 4.90 Å². The van der Waals surface area contributed by atoms with E-state index in [9.17, 15) is 29.8 Å². The van der Waals surface area contributed by atoms with Gasteiger partial charge in [0.1, 0.15) is 5.78 Å². The van der Waals surface area contributed by atoms with Gasteiger partial charge in [-0.05, 0) is 56.9 Å². The lowest BCUT2D eigenvalue weighted by molar-refractivity contribution is -0.385. The van der Waals surface area contributed by atoms with Crippen LogP contribution in [0, 0.1) is 20.2 Å². The summed E-state index contributed by atoms with van der Waals surface area (Å²) in [6.45, 7) is 3.32. The van der Waals surface area contributed by atoms with E-state index in [1.54, 1.807) is 11.0 Å². The van der Waals surface area contributed by atoms with Crippen molar-refractivity contribution in [2.45, 2.75) is 45.6 Å². The molecule has 1 amide bonds. The van der Waals surface area contributed by atoms with Crippen molar-refractivity contribution in [3.63, 3.8) is 0 Å². The minimum atomic E-state index is -0.534. The molecule has 3 rings (SSSR count). The van der Waals surface area contributed by atoms with E-state index >= 15 is 0 Å². The molecule has 0 fully saturated rings. The van der Waals surface area contributed by atoms with Gasteiger partial charge in [-0.25, -0.2) is 0 Å². The molecule has 2 aromatic rings. The lowest BCUT2D eigenvalue weighted by atomic mass is 9.92. The van der Waals surface area contributed by atoms with Gasteiger partial charge in [0.05, 0.1) is 9.85 Å². The van der Waals surface area contributed by atoms with Crippen LogP contribution in [-0.2, 0) is 17.6 Å². The summed E-state index contributed by atoms with van der Waals surface area (Å²) in [5.74, 6) is -0.404. The number of amides is 1. The zero-order chi connectivity index (χ0) is 22.0. The summed E-state index contributed by atoms with van der Waals surface area (Å²) in [5.41, 5.74) is 1.82. The molecular formula is C21H21N3O6. The van der Waals surface area contributed by atoms with Gasteiger partial charge in [0, 0.05) is 47.5 Å². The number of anilines is 1. The molecule has 156 valence electrons. The van der Waals surface area contributed by atoms with Crippen LogP contribution in [0.3, 0.4) is 0 Å². The third-order valence-corrected chi connectivity index (χ3v) is 5.30. The van der Waals surface area contributed by atoms with E-state index in [0.29, 0.717) is 35.2 Å². The first-order valence-corrected chi connectivity index (χ1v) is 9.56. The smallest absolute Gasteiger partial charge is 0.273 e. The topological polar surface area (TPSA) is 124 Å². The van der Waals surface area contributed by atoms with Gasteiger partial charge in [-0.15, -0.1) is 0 Å². The summed E-state index contributed by atoms with van der Waals surface area (Å²) in [6, 6.07) is 8.34. The Hall–Kier alpha value is -3.62. The average molecular weight is 411 g/mol. The number of hydrogen-bond donors (Lipinski definition) is 0. The molecule has 9 nitrogen and oxygen atoms in total. The fourth-order valence-electron chi connectivity index (χ4n) is 3.67. The highest BCUT2D eigenvalue weighted by Gasteiger charge is 2.32. The van der Waals surface area contributed by atoms with Crippen LogP contribution in [0.25, 0.3) is 0 Å². The number of nitro groups is 2. The Bertz CT molecular complexity index is 1030. The van der Waals surface area contributed by atoms with Gasteiger partial charge >= 0.3 is 0 Å². The van der Waals surface area contributed by atoms with Gasteiger partial charge in [0.15, 0.2) is 0 Å². The second-order valence-electron chi connectivity index (χ2n) is 7.44. The molecular weight excluding hydrogens is 390 g/mol. The highest BCUT2D eigenvalue weighted by atomic mass is 16.6. The predicted octanol–water partition coefficient (Wildman–Crippen LogP) is 4.01. The van der Waals surface area contributed by atoms with Gasteiger partial charge < -0.3 is 9.69 Å². The van der Waals surface area contributed by atoms with E-state index in [2.05, 4.69) is 0 Å². The number of nitrogens with zero attached hydrogens (tertiary/aromatic N) is 3. The lowest BCUT2D eigenvalue weighted by Gasteiger charge is -2.35. The molecule has 0 spiro atoms. The molecule has 0 aromatic heterocycles. The molecule has 0 radical (unpaired) electrons. The van der Waals surface area contributed by atoms with Crippen LogP contribution >= 0.6 is 0 Å². The van der Waals surface area contributed by atoms with E-state index in [0.717, 1.165) is 0 Å². The second-order valence-corrected chi connectivity index (χ2v) is 7.44. The number of hydrogen-bond acceptors (Lipinski definition) is 6. The number of ketones is 1. The monoisotopic (exact) mass is 411 g/mol. The SMILES string of the molecule is CC(=O)CCc1cc2c(cc1[N+](=O)[O-])CCC(C)N2C(=O)c1ccc([N+](=O)[O-])cc1. The summed E-state index contributed by atoms with van der Waals surface area (Å²) in [6.07, 6.45) is 1.61. The molecule has 1 heterocycles. The molecule has 1 aliphatic heterocycles. The Labute approximate surface area is 172 Å². The van der Waals surface area contributed by atoms with Gasteiger partial charge in [0.2, 0.25) is 0 Å². The van der Waals surface area contributed by atoms with Crippen LogP contribution in [0.15, 0.2) is 36.4 Å². The average Bonchev–Trinajstić information content (AvgIpc) is 2.71. The standard InChI is InChI=1S/C21H21N3O6/c1-13-3-5-16-12-20(24(29)30)17(6-4-14(2)25)11-19(16)22(13)21(26)15-7-9-18(10-8-15)23(27)28/h7-13H,3-6H2,1-2H3. The van der Waals surface area contributed by atoms with Crippen molar-refractivity contribution in [2.75, 3.05) is 4.90 Å².